The van der Waals surface area contributed by atoms with Crippen molar-refractivity contribution in [2.24, 2.45) is 0 Å². The molecule has 0 saturated carbocycles. The number of aliphatic hydroxyl groups excluding tert-OH is 8. The van der Waals surface area contributed by atoms with Crippen molar-refractivity contribution in [1.82, 2.24) is 0 Å². The Morgan fingerprint density at radius 2 is 0.833 bits per heavy atom. The summed E-state index contributed by atoms with van der Waals surface area (Å²) >= 11 is 0. The van der Waals surface area contributed by atoms with Gasteiger partial charge in [0.15, 0.2) is 11.6 Å². The monoisotopic (exact) mass is 608 g/mol. The van der Waals surface area contributed by atoms with E-state index >= 15 is 0 Å². The van der Waals surface area contributed by atoms with Crippen molar-refractivity contribution in [1.29, 1.82) is 0 Å². The number of aliphatic hydroxyl groups is 8. The summed E-state index contributed by atoms with van der Waals surface area (Å²) in [6.07, 6.45) is -12.2. The zero-order valence-electron chi connectivity index (χ0n) is 19.8. The van der Waals surface area contributed by atoms with Crippen LogP contribution in [0.4, 0.5) is 0 Å². The number of carbonyl (C=O) groups excluding carboxylic acids is 2. The molecular formula is C12H22Na4O18P2. The van der Waals surface area contributed by atoms with Gasteiger partial charge < -0.3 is 78.6 Å². The van der Waals surface area contributed by atoms with Crippen LogP contribution in [-0.4, -0.2) is 115 Å². The second kappa shape index (κ2) is 25.9. The Hall–Kier alpha value is 3.24. The minimum absolute atomic E-state index is 0. The molecule has 192 valence electrons. The van der Waals surface area contributed by atoms with Crippen LogP contribution in [0.2, 0.25) is 0 Å². The molecule has 6 atom stereocenters. The molecule has 0 aliphatic carbocycles. The normalized spacial score (nSPS) is 15.9. The first-order valence-corrected chi connectivity index (χ1v) is 11.0. The molecule has 0 aromatic rings. The van der Waals surface area contributed by atoms with E-state index in [4.69, 9.17) is 40.9 Å². The molecule has 36 heavy (non-hydrogen) atoms. The topological polar surface area (TPSA) is 341 Å². The molecule has 0 radical (unpaired) electrons. The van der Waals surface area contributed by atoms with E-state index in [0.717, 1.165) is 0 Å². The molecule has 0 spiro atoms. The van der Waals surface area contributed by atoms with E-state index in [1.807, 2.05) is 0 Å². The molecule has 8 N–H and O–H groups in total. The van der Waals surface area contributed by atoms with Gasteiger partial charge in [0.05, 0.1) is 28.9 Å². The Kier molecular flexibility index (Phi) is 37.4. The average molecular weight is 608 g/mol. The Morgan fingerprint density at radius 1 is 0.611 bits per heavy atom. The summed E-state index contributed by atoms with van der Waals surface area (Å²) in [5, 5.41) is 70.8. The maximum Gasteiger partial charge on any atom is 1.00 e. The van der Waals surface area contributed by atoms with Crippen molar-refractivity contribution in [3.05, 3.63) is 0 Å². The summed E-state index contributed by atoms with van der Waals surface area (Å²) in [6.45, 7) is -4.32. The Morgan fingerprint density at radius 3 is 1.00 bits per heavy atom. The minimum Gasteiger partial charge on any atom is -0.790 e. The van der Waals surface area contributed by atoms with E-state index in [-0.39, 0.29) is 118 Å². The van der Waals surface area contributed by atoms with Gasteiger partial charge >= 0.3 is 118 Å². The van der Waals surface area contributed by atoms with Crippen LogP contribution in [0, 0.1) is 0 Å². The smallest absolute Gasteiger partial charge is 0.790 e. The molecule has 18 nitrogen and oxygen atoms in total. The molecule has 24 heteroatoms. The van der Waals surface area contributed by atoms with Gasteiger partial charge in [-0.3, -0.25) is 9.59 Å². The molecule has 0 aromatic carbocycles. The maximum atomic E-state index is 10.7. The third kappa shape index (κ3) is 26.2. The van der Waals surface area contributed by atoms with Crippen LogP contribution in [0.3, 0.4) is 0 Å². The first-order valence-electron chi connectivity index (χ1n) is 8.06. The predicted molar refractivity (Wildman–Crippen MR) is 87.3 cm³/mol. The number of carbonyl (C=O) groups is 2. The van der Waals surface area contributed by atoms with Crippen LogP contribution in [0.25, 0.3) is 0 Å². The second-order valence-corrected chi connectivity index (χ2v) is 8.05. The van der Waals surface area contributed by atoms with Gasteiger partial charge in [-0.05, 0) is 0 Å². The van der Waals surface area contributed by atoms with Crippen LogP contribution in [-0.2, 0) is 27.8 Å². The number of phosphoric ester groups is 2. The molecule has 0 fully saturated rings. The third-order valence-electron chi connectivity index (χ3n) is 3.21. The summed E-state index contributed by atoms with van der Waals surface area (Å²) in [5.41, 5.74) is 0. The van der Waals surface area contributed by atoms with Crippen LogP contribution in [0.1, 0.15) is 0 Å². The van der Waals surface area contributed by atoms with Gasteiger partial charge in [0, 0.05) is 0 Å². The predicted octanol–water partition coefficient (Wildman–Crippen LogP) is -21.0. The molecule has 0 amide bonds. The Labute approximate surface area is 293 Å². The van der Waals surface area contributed by atoms with Crippen molar-refractivity contribution in [2.75, 3.05) is 26.4 Å². The van der Waals surface area contributed by atoms with E-state index in [1.165, 1.54) is 0 Å². The van der Waals surface area contributed by atoms with Gasteiger partial charge in [-0.15, -0.1) is 0 Å². The Balaban J connectivity index is -0.000000112. The Bertz CT molecular complexity index is 620. The molecule has 6 unspecified atom stereocenters. The molecular weight excluding hydrogens is 586 g/mol. The molecule has 0 aliphatic heterocycles. The SMILES string of the molecule is O=C(CO)C(O)C(O)C(O)COP(=O)([O-])[O-].O=C(CO)C(O)C(O)C(O)COP(=O)([O-])[O-].[Na+].[Na+].[Na+].[Na+]. The average Bonchev–Trinajstić information content (AvgIpc) is 2.71. The zero-order valence-corrected chi connectivity index (χ0v) is 29.6. The zero-order chi connectivity index (χ0) is 25.9. The fraction of sp³-hybridized carbons (Fsp3) is 0.833. The van der Waals surface area contributed by atoms with E-state index in [9.17, 15) is 38.3 Å². The van der Waals surface area contributed by atoms with Crippen LogP contribution >= 0.6 is 15.6 Å². The van der Waals surface area contributed by atoms with Crippen molar-refractivity contribution in [2.45, 2.75) is 36.6 Å². The summed E-state index contributed by atoms with van der Waals surface area (Å²) in [4.78, 5) is 61.4. The van der Waals surface area contributed by atoms with Gasteiger partial charge in [-0.1, -0.05) is 0 Å². The van der Waals surface area contributed by atoms with Gasteiger partial charge in [0.1, 0.15) is 49.8 Å². The van der Waals surface area contributed by atoms with Gasteiger partial charge in [-0.2, -0.15) is 0 Å². The van der Waals surface area contributed by atoms with Crippen LogP contribution in [0.15, 0.2) is 0 Å². The first kappa shape index (κ1) is 51.9. The number of hydrogen-bond donors (Lipinski definition) is 8. The van der Waals surface area contributed by atoms with Gasteiger partial charge in [0.2, 0.25) is 0 Å². The van der Waals surface area contributed by atoms with E-state index in [1.54, 1.807) is 0 Å². The molecule has 0 rings (SSSR count). The van der Waals surface area contributed by atoms with Gasteiger partial charge in [-0.25, -0.2) is 0 Å². The van der Waals surface area contributed by atoms with E-state index < -0.39 is 90.3 Å². The van der Waals surface area contributed by atoms with Crippen molar-refractivity contribution in [3.8, 4) is 0 Å². The second-order valence-electron chi connectivity index (χ2n) is 5.74. The summed E-state index contributed by atoms with van der Waals surface area (Å²) in [7, 11) is -10.6. The number of ketones is 2. The fourth-order valence-electron chi connectivity index (χ4n) is 1.52. The summed E-state index contributed by atoms with van der Waals surface area (Å²) in [5.74, 6) is -2.34. The summed E-state index contributed by atoms with van der Waals surface area (Å²) < 4.78 is 27.3. The standard InChI is InChI=1S/2C6H13O9P.4Na/c2*7-1-3(8)5(10)6(11)4(9)2-15-16(12,13)14;;;;/h2*4-7,9-11H,1-2H2,(H2,12,13,14);;;;/q;;4*+1/p-4. The molecule has 0 heterocycles. The number of rotatable bonds is 14. The van der Waals surface area contributed by atoms with Crippen molar-refractivity contribution >= 4 is 27.2 Å². The van der Waals surface area contributed by atoms with Crippen LogP contribution < -0.4 is 138 Å². The fourth-order valence-corrected chi connectivity index (χ4v) is 2.19. The number of Topliss-reactive ketones (excluding diaryl/α,β-unsaturated/α-hetero) is 2. The maximum absolute atomic E-state index is 10.7. The molecule has 0 aliphatic rings. The summed E-state index contributed by atoms with van der Waals surface area (Å²) in [6, 6.07) is 0. The molecule has 0 aromatic heterocycles. The van der Waals surface area contributed by atoms with Crippen molar-refractivity contribution < 1.29 is 206 Å². The third-order valence-corrected chi connectivity index (χ3v) is 4.14. The molecule has 0 bridgehead atoms. The van der Waals surface area contributed by atoms with Crippen molar-refractivity contribution in [3.63, 3.8) is 0 Å². The van der Waals surface area contributed by atoms with E-state index in [0.29, 0.717) is 0 Å². The van der Waals surface area contributed by atoms with Gasteiger partial charge in [0.25, 0.3) is 0 Å². The molecule has 0 saturated heterocycles. The largest absolute Gasteiger partial charge is 1.00 e. The first-order chi connectivity index (χ1) is 14.4. The quantitative estimate of drug-likeness (QED) is 0.0670. The van der Waals surface area contributed by atoms with E-state index in [2.05, 4.69) is 9.05 Å². The minimum atomic E-state index is -5.31. The number of hydrogen-bond acceptors (Lipinski definition) is 18. The number of phosphoric acid groups is 2. The van der Waals surface area contributed by atoms with Crippen LogP contribution in [0.5, 0.6) is 0 Å².